The highest BCUT2D eigenvalue weighted by Crippen LogP contribution is 2.45. The van der Waals surface area contributed by atoms with Crippen molar-refractivity contribution >= 4 is 11.2 Å². The number of methoxy groups -OCH3 is 1. The Labute approximate surface area is 250 Å². The van der Waals surface area contributed by atoms with Crippen molar-refractivity contribution in [2.24, 2.45) is 7.05 Å². The summed E-state index contributed by atoms with van der Waals surface area (Å²) in [6.07, 6.45) is 4.33. The summed E-state index contributed by atoms with van der Waals surface area (Å²) in [5, 5.41) is 0. The number of alkyl halides is 3. The topological polar surface area (TPSA) is 115 Å². The molecule has 0 bridgehead atoms. The number of aryl methyl sites for hydroxylation is 1. The van der Waals surface area contributed by atoms with Crippen molar-refractivity contribution in [3.63, 3.8) is 0 Å². The second-order valence-electron chi connectivity index (χ2n) is 11.0. The number of hydrogen-bond acceptors (Lipinski definition) is 9. The molecule has 0 N–H and O–H groups in total. The van der Waals surface area contributed by atoms with Crippen molar-refractivity contribution < 1.29 is 27.4 Å². The lowest BCUT2D eigenvalue weighted by Crippen LogP contribution is -2.18. The average molecular weight is 607 g/mol. The molecular weight excluding hydrogens is 577 g/mol. The first-order valence-electron chi connectivity index (χ1n) is 14.4. The molecule has 11 nitrogen and oxygen atoms in total. The Hall–Kier alpha value is -4.59. The van der Waals surface area contributed by atoms with Crippen LogP contribution in [-0.4, -0.2) is 52.8 Å². The van der Waals surface area contributed by atoms with E-state index in [-0.39, 0.29) is 30.5 Å². The molecule has 5 aromatic rings. The Bertz CT molecular complexity index is 1810. The third-order valence-electron chi connectivity index (χ3n) is 7.83. The fourth-order valence-electron chi connectivity index (χ4n) is 5.44. The predicted octanol–water partition coefficient (Wildman–Crippen LogP) is 5.87. The van der Waals surface area contributed by atoms with Gasteiger partial charge in [0.1, 0.15) is 30.5 Å². The molecule has 1 saturated carbocycles. The Morgan fingerprint density at radius 1 is 0.977 bits per heavy atom. The Balaban J connectivity index is 1.23. The fraction of sp³-hybridized carbons (Fsp3) is 0.400. The summed E-state index contributed by atoms with van der Waals surface area (Å²) in [5.74, 6) is 1.52. The maximum Gasteiger partial charge on any atom is 0.434 e. The lowest BCUT2D eigenvalue weighted by Gasteiger charge is -2.24. The van der Waals surface area contributed by atoms with E-state index >= 15 is 0 Å². The number of imidazole rings is 2. The van der Waals surface area contributed by atoms with Gasteiger partial charge in [0, 0.05) is 31.3 Å². The highest BCUT2D eigenvalue weighted by atomic mass is 19.4. The number of benzene rings is 1. The molecule has 44 heavy (non-hydrogen) atoms. The number of rotatable bonds is 8. The fourth-order valence-corrected chi connectivity index (χ4v) is 5.44. The Kier molecular flexibility index (Phi) is 7.15. The van der Waals surface area contributed by atoms with E-state index in [1.54, 1.807) is 37.7 Å². The Morgan fingerprint density at radius 2 is 1.80 bits per heavy atom. The minimum Gasteiger partial charge on any atom is -0.480 e. The van der Waals surface area contributed by atoms with Crippen molar-refractivity contribution in [1.82, 2.24) is 39.0 Å². The third-order valence-corrected chi connectivity index (χ3v) is 7.83. The SMILES string of the molecule is COc1ncnc(C2CC2)c1-c1nc(OCc2ccc(-c3nc(C(F)(F)F)cn3C)cc2)c2ncn(C3CCCCO3)c2n1. The zero-order valence-corrected chi connectivity index (χ0v) is 24.1. The van der Waals surface area contributed by atoms with Crippen LogP contribution >= 0.6 is 0 Å². The van der Waals surface area contributed by atoms with Gasteiger partial charge in [-0.05, 0) is 37.7 Å². The number of nitrogens with zero attached hydrogens (tertiary/aromatic N) is 8. The number of halogens is 3. The van der Waals surface area contributed by atoms with Gasteiger partial charge in [-0.15, -0.1) is 0 Å². The highest BCUT2D eigenvalue weighted by Gasteiger charge is 2.35. The Morgan fingerprint density at radius 3 is 2.48 bits per heavy atom. The second kappa shape index (κ2) is 11.2. The molecule has 228 valence electrons. The third kappa shape index (κ3) is 5.34. The van der Waals surface area contributed by atoms with E-state index in [0.29, 0.717) is 40.6 Å². The molecule has 1 aliphatic heterocycles. The molecule has 7 rings (SSSR count). The maximum absolute atomic E-state index is 13.2. The van der Waals surface area contributed by atoms with Gasteiger partial charge in [-0.3, -0.25) is 4.57 Å². The van der Waals surface area contributed by atoms with E-state index in [9.17, 15) is 13.2 Å². The molecule has 1 saturated heterocycles. The van der Waals surface area contributed by atoms with Gasteiger partial charge < -0.3 is 18.8 Å². The van der Waals surface area contributed by atoms with Crippen LogP contribution < -0.4 is 9.47 Å². The lowest BCUT2D eigenvalue weighted by atomic mass is 10.1. The van der Waals surface area contributed by atoms with Crippen LogP contribution in [-0.2, 0) is 24.6 Å². The van der Waals surface area contributed by atoms with Crippen LogP contribution in [0.3, 0.4) is 0 Å². The summed E-state index contributed by atoms with van der Waals surface area (Å²) in [4.78, 5) is 27.0. The molecule has 1 aromatic carbocycles. The summed E-state index contributed by atoms with van der Waals surface area (Å²) in [6, 6.07) is 6.99. The van der Waals surface area contributed by atoms with Crippen molar-refractivity contribution in [2.75, 3.05) is 13.7 Å². The zero-order chi connectivity index (χ0) is 30.4. The number of fused-ring (bicyclic) bond motifs is 1. The van der Waals surface area contributed by atoms with E-state index in [2.05, 4.69) is 19.9 Å². The quantitative estimate of drug-likeness (QED) is 0.214. The van der Waals surface area contributed by atoms with E-state index in [4.69, 9.17) is 24.2 Å². The van der Waals surface area contributed by atoms with Gasteiger partial charge in [-0.2, -0.15) is 18.2 Å². The van der Waals surface area contributed by atoms with Crippen molar-refractivity contribution in [2.45, 2.75) is 57.0 Å². The molecular formula is C30H29F3N8O3. The summed E-state index contributed by atoms with van der Waals surface area (Å²) >= 11 is 0. The minimum absolute atomic E-state index is 0.130. The summed E-state index contributed by atoms with van der Waals surface area (Å²) in [5.41, 5.74) is 2.90. The van der Waals surface area contributed by atoms with Crippen molar-refractivity contribution in [3.05, 3.63) is 60.1 Å². The predicted molar refractivity (Wildman–Crippen MR) is 152 cm³/mol. The van der Waals surface area contributed by atoms with E-state index < -0.39 is 11.9 Å². The zero-order valence-electron chi connectivity index (χ0n) is 24.1. The van der Waals surface area contributed by atoms with Gasteiger partial charge in [-0.25, -0.2) is 24.9 Å². The first kappa shape index (κ1) is 28.2. The molecule has 4 aromatic heterocycles. The van der Waals surface area contributed by atoms with E-state index in [0.717, 1.165) is 49.6 Å². The first-order chi connectivity index (χ1) is 21.3. The minimum atomic E-state index is -4.52. The average Bonchev–Trinajstić information content (AvgIpc) is 3.67. The van der Waals surface area contributed by atoms with Crippen molar-refractivity contribution in [3.8, 4) is 34.5 Å². The van der Waals surface area contributed by atoms with Crippen LogP contribution in [0.25, 0.3) is 33.9 Å². The van der Waals surface area contributed by atoms with Crippen LogP contribution in [0.15, 0.2) is 43.1 Å². The van der Waals surface area contributed by atoms with Crippen LogP contribution in [0.5, 0.6) is 11.8 Å². The van der Waals surface area contributed by atoms with Gasteiger partial charge in [0.05, 0.1) is 19.1 Å². The number of ether oxygens (including phenoxy) is 3. The smallest absolute Gasteiger partial charge is 0.434 e. The monoisotopic (exact) mass is 606 g/mol. The van der Waals surface area contributed by atoms with Gasteiger partial charge in [0.2, 0.25) is 11.8 Å². The van der Waals surface area contributed by atoms with Gasteiger partial charge in [0.25, 0.3) is 0 Å². The molecule has 2 fully saturated rings. The van der Waals surface area contributed by atoms with Crippen LogP contribution in [0.1, 0.15) is 61.2 Å². The maximum atomic E-state index is 13.2. The summed E-state index contributed by atoms with van der Waals surface area (Å²) in [7, 11) is 3.09. The standard InChI is InChI=1S/C30H29F3N8O3/c1-40-13-20(30(31,32)33)37-26(40)19-8-6-17(7-9-19)14-44-29-24-27(41(16-36-24)21-5-3-4-12-43-21)38-25(39-29)22-23(18-10-11-18)34-15-35-28(22)42-2/h6-9,13,15-16,18,21H,3-5,10-12,14H2,1-2H3. The second-order valence-corrected chi connectivity index (χ2v) is 11.0. The van der Waals surface area contributed by atoms with Crippen molar-refractivity contribution in [1.29, 1.82) is 0 Å². The number of aromatic nitrogens is 8. The van der Waals surface area contributed by atoms with Gasteiger partial charge >= 0.3 is 6.18 Å². The molecule has 0 spiro atoms. The van der Waals surface area contributed by atoms with Crippen LogP contribution in [0.2, 0.25) is 0 Å². The van der Waals surface area contributed by atoms with E-state index in [1.807, 2.05) is 4.57 Å². The molecule has 0 radical (unpaired) electrons. The summed E-state index contributed by atoms with van der Waals surface area (Å²) in [6.45, 7) is 0.786. The van der Waals surface area contributed by atoms with Gasteiger partial charge in [-0.1, -0.05) is 24.3 Å². The lowest BCUT2D eigenvalue weighted by molar-refractivity contribution is -0.140. The molecule has 5 heterocycles. The normalized spacial score (nSPS) is 17.2. The first-order valence-corrected chi connectivity index (χ1v) is 14.4. The van der Waals surface area contributed by atoms with Gasteiger partial charge in [0.15, 0.2) is 22.7 Å². The van der Waals surface area contributed by atoms with Crippen LogP contribution in [0.4, 0.5) is 13.2 Å². The molecule has 1 unspecified atom stereocenters. The largest absolute Gasteiger partial charge is 0.480 e. The van der Waals surface area contributed by atoms with E-state index in [1.165, 1.54) is 17.9 Å². The highest BCUT2D eigenvalue weighted by molar-refractivity contribution is 5.80. The number of hydrogen-bond donors (Lipinski definition) is 0. The molecule has 0 amide bonds. The molecule has 1 atom stereocenters. The summed E-state index contributed by atoms with van der Waals surface area (Å²) < 4.78 is 60.6. The molecule has 2 aliphatic rings. The van der Waals surface area contributed by atoms with Crippen LogP contribution in [0, 0.1) is 0 Å². The molecule has 14 heteroatoms. The molecule has 1 aliphatic carbocycles.